The molecule has 7 heteroatoms. The van der Waals surface area contributed by atoms with Crippen molar-refractivity contribution in [2.75, 3.05) is 0 Å². The minimum atomic E-state index is -1.84. The predicted molar refractivity (Wildman–Crippen MR) is 93.6 cm³/mol. The molecule has 27 heavy (non-hydrogen) atoms. The zero-order valence-corrected chi connectivity index (χ0v) is 14.4. The van der Waals surface area contributed by atoms with Gasteiger partial charge in [0.15, 0.2) is 5.78 Å². The Balaban J connectivity index is 1.65. The Bertz CT molecular complexity index is 1110. The van der Waals surface area contributed by atoms with Crippen LogP contribution in [0, 0.1) is 0 Å². The number of benzene rings is 2. The highest BCUT2D eigenvalue weighted by Gasteiger charge is 2.93. The van der Waals surface area contributed by atoms with Gasteiger partial charge in [-0.25, -0.2) is 0 Å². The number of hydrogen-bond donors (Lipinski definition) is 1. The van der Waals surface area contributed by atoms with Gasteiger partial charge in [0, 0.05) is 6.08 Å². The molecule has 2 aromatic rings. The highest BCUT2D eigenvalue weighted by molar-refractivity contribution is 6.45. The summed E-state index contributed by atoms with van der Waals surface area (Å²) in [6, 6.07) is 10.9. The van der Waals surface area contributed by atoms with Crippen molar-refractivity contribution in [2.24, 2.45) is 0 Å². The zero-order valence-electron chi connectivity index (χ0n) is 13.6. The lowest BCUT2D eigenvalue weighted by Crippen LogP contribution is -2.67. The third-order valence-corrected chi connectivity index (χ3v) is 5.98. The number of aliphatic hydroxyl groups excluding tert-OH is 1. The van der Waals surface area contributed by atoms with Gasteiger partial charge in [-0.05, 0) is 29.7 Å². The number of rotatable bonds is 0. The highest BCUT2D eigenvalue weighted by atomic mass is 35.5. The summed E-state index contributed by atoms with van der Waals surface area (Å²) < 4.78 is 18.0. The van der Waals surface area contributed by atoms with Crippen LogP contribution < -0.4 is 9.47 Å². The van der Waals surface area contributed by atoms with Crippen molar-refractivity contribution in [2.45, 2.75) is 23.1 Å². The Morgan fingerprint density at radius 3 is 2.37 bits per heavy atom. The largest absolute Gasteiger partial charge is 0.445 e. The predicted octanol–water partition coefficient (Wildman–Crippen LogP) is 2.02. The van der Waals surface area contributed by atoms with E-state index in [0.717, 1.165) is 10.8 Å². The van der Waals surface area contributed by atoms with Crippen LogP contribution in [0.4, 0.5) is 0 Å². The summed E-state index contributed by atoms with van der Waals surface area (Å²) in [5.74, 6) is -2.04. The van der Waals surface area contributed by atoms with E-state index in [1.165, 1.54) is 18.2 Å². The zero-order chi connectivity index (χ0) is 18.6. The van der Waals surface area contributed by atoms with E-state index in [4.69, 9.17) is 25.8 Å². The Morgan fingerprint density at radius 1 is 1.04 bits per heavy atom. The van der Waals surface area contributed by atoms with Crippen molar-refractivity contribution in [3.05, 3.63) is 59.7 Å². The van der Waals surface area contributed by atoms with Gasteiger partial charge in [0.1, 0.15) is 17.6 Å². The summed E-state index contributed by atoms with van der Waals surface area (Å²) in [5.41, 5.74) is -3.68. The molecule has 6 nitrogen and oxygen atoms in total. The molecule has 0 bridgehead atoms. The summed E-state index contributed by atoms with van der Waals surface area (Å²) >= 11 is 6.19. The molecule has 2 heterocycles. The lowest BCUT2D eigenvalue weighted by Gasteiger charge is -2.43. The third kappa shape index (κ3) is 1.46. The molecule has 134 valence electrons. The first-order chi connectivity index (χ1) is 13.0. The normalized spacial score (nSPS) is 34.4. The Morgan fingerprint density at radius 2 is 1.70 bits per heavy atom. The fourth-order valence-electron chi connectivity index (χ4n) is 4.50. The number of carbonyl (C=O) groups is 2. The van der Waals surface area contributed by atoms with E-state index in [1.807, 2.05) is 24.3 Å². The van der Waals surface area contributed by atoms with E-state index in [2.05, 4.69) is 0 Å². The molecular formula is C20H11ClO6. The standard InChI is InChI=1S/C20H11ClO6/c21-11-9-18(20-15(23)8-7-14(22)19(20,27-20)17(11)24)25-12-5-1-3-10-4-2-6-13(26-18)16(10)12/h1-9,14,22H. The first-order valence-corrected chi connectivity index (χ1v) is 8.77. The highest BCUT2D eigenvalue weighted by Crippen LogP contribution is 2.66. The molecule has 4 aliphatic rings. The van der Waals surface area contributed by atoms with E-state index in [-0.39, 0.29) is 5.03 Å². The van der Waals surface area contributed by atoms with Crippen LogP contribution in [0.25, 0.3) is 10.8 Å². The molecule has 0 saturated carbocycles. The lowest BCUT2D eigenvalue weighted by atomic mass is 9.69. The molecule has 0 radical (unpaired) electrons. The molecule has 1 saturated heterocycles. The number of Topliss-reactive ketones (excluding diaryl/α,β-unsaturated/α-hetero) is 1. The second kappa shape index (κ2) is 4.42. The van der Waals surface area contributed by atoms with Crippen LogP contribution in [0.5, 0.6) is 11.5 Å². The van der Waals surface area contributed by atoms with Crippen molar-refractivity contribution in [1.29, 1.82) is 0 Å². The van der Waals surface area contributed by atoms with Gasteiger partial charge in [-0.1, -0.05) is 35.9 Å². The van der Waals surface area contributed by atoms with Gasteiger partial charge in [-0.3, -0.25) is 9.59 Å². The van der Waals surface area contributed by atoms with E-state index < -0.39 is 34.7 Å². The average Bonchev–Trinajstić information content (AvgIpc) is 3.39. The number of epoxide rings is 1. The number of aliphatic hydroxyl groups is 1. The Labute approximate surface area is 157 Å². The van der Waals surface area contributed by atoms with Gasteiger partial charge < -0.3 is 19.3 Å². The summed E-state index contributed by atoms with van der Waals surface area (Å²) in [5, 5.41) is 11.9. The fraction of sp³-hybridized carbons (Fsp3) is 0.200. The number of carbonyl (C=O) groups excluding carboxylic acids is 2. The maximum absolute atomic E-state index is 12.9. The molecule has 2 aliphatic heterocycles. The van der Waals surface area contributed by atoms with Crippen molar-refractivity contribution in [1.82, 2.24) is 0 Å². The minimum Gasteiger partial charge on any atom is -0.445 e. The first-order valence-electron chi connectivity index (χ1n) is 8.39. The topological polar surface area (TPSA) is 85.4 Å². The van der Waals surface area contributed by atoms with Crippen LogP contribution in [0.3, 0.4) is 0 Å². The monoisotopic (exact) mass is 382 g/mol. The molecule has 3 unspecified atom stereocenters. The van der Waals surface area contributed by atoms with Crippen LogP contribution in [0.1, 0.15) is 0 Å². The van der Waals surface area contributed by atoms with Gasteiger partial charge in [-0.2, -0.15) is 0 Å². The SMILES string of the molecule is O=C1C(Cl)=CC2(Oc3cccc4cccc(c34)O2)C23OC12C(O)C=CC3=O. The van der Waals surface area contributed by atoms with E-state index in [1.54, 1.807) is 12.1 Å². The van der Waals surface area contributed by atoms with Gasteiger partial charge in [0.25, 0.3) is 5.60 Å². The summed E-state index contributed by atoms with van der Waals surface area (Å²) in [6.07, 6.45) is 2.33. The molecule has 0 aromatic heterocycles. The van der Waals surface area contributed by atoms with Crippen LogP contribution in [0.15, 0.2) is 59.7 Å². The smallest absolute Gasteiger partial charge is 0.313 e. The summed E-state index contributed by atoms with van der Waals surface area (Å²) in [6.45, 7) is 0. The number of halogens is 1. The van der Waals surface area contributed by atoms with Gasteiger partial charge in [0.05, 0.1) is 10.4 Å². The quantitative estimate of drug-likeness (QED) is 0.702. The first kappa shape index (κ1) is 15.4. The van der Waals surface area contributed by atoms with E-state index in [0.29, 0.717) is 11.5 Å². The molecule has 0 amide bonds. The van der Waals surface area contributed by atoms with Crippen LogP contribution in [-0.2, 0) is 14.3 Å². The second-order valence-electron chi connectivity index (χ2n) is 6.99. The Hall–Kier alpha value is -2.67. The van der Waals surface area contributed by atoms with Crippen molar-refractivity contribution in [3.8, 4) is 11.5 Å². The van der Waals surface area contributed by atoms with Crippen LogP contribution in [0.2, 0.25) is 0 Å². The fourth-order valence-corrected chi connectivity index (χ4v) is 4.78. The molecule has 1 N–H and O–H groups in total. The summed E-state index contributed by atoms with van der Waals surface area (Å²) in [7, 11) is 0. The van der Waals surface area contributed by atoms with Gasteiger partial charge in [-0.15, -0.1) is 0 Å². The average molecular weight is 383 g/mol. The second-order valence-corrected chi connectivity index (χ2v) is 7.40. The minimum absolute atomic E-state index is 0.211. The summed E-state index contributed by atoms with van der Waals surface area (Å²) in [4.78, 5) is 25.7. The van der Waals surface area contributed by atoms with Gasteiger partial charge >= 0.3 is 5.79 Å². The van der Waals surface area contributed by atoms with Crippen molar-refractivity contribution in [3.63, 3.8) is 0 Å². The lowest BCUT2D eigenvalue weighted by molar-refractivity contribution is -0.157. The van der Waals surface area contributed by atoms with Crippen molar-refractivity contribution < 1.29 is 28.9 Å². The Kier molecular flexibility index (Phi) is 2.52. The molecule has 1 spiro atoms. The molecule has 2 aromatic carbocycles. The van der Waals surface area contributed by atoms with Crippen molar-refractivity contribution >= 4 is 33.9 Å². The molecular weight excluding hydrogens is 372 g/mol. The van der Waals surface area contributed by atoms with Crippen LogP contribution in [-0.4, -0.2) is 39.8 Å². The van der Waals surface area contributed by atoms with Crippen LogP contribution >= 0.6 is 11.6 Å². The molecule has 2 aliphatic carbocycles. The molecule has 1 fully saturated rings. The van der Waals surface area contributed by atoms with Gasteiger partial charge in [0.2, 0.25) is 11.4 Å². The number of hydrogen-bond acceptors (Lipinski definition) is 6. The maximum atomic E-state index is 12.9. The van der Waals surface area contributed by atoms with E-state index >= 15 is 0 Å². The third-order valence-electron chi connectivity index (χ3n) is 5.70. The number of ether oxygens (including phenoxy) is 3. The molecule has 6 rings (SSSR count). The van der Waals surface area contributed by atoms with E-state index in [9.17, 15) is 14.7 Å². The maximum Gasteiger partial charge on any atom is 0.313 e. The molecule has 3 atom stereocenters. The number of ketones is 2.